The SMILES string of the molecule is Cc1cc(C)c(Cc2c(C)nc3c(C(=O)N[C@@H]4CCCc5ccccc54)cnn3c2C)c(C)c1. The van der Waals surface area contributed by atoms with Crippen molar-refractivity contribution in [2.45, 2.75) is 66.3 Å². The summed E-state index contributed by atoms with van der Waals surface area (Å²) in [6, 6.07) is 12.9. The van der Waals surface area contributed by atoms with E-state index in [1.807, 2.05) is 17.5 Å². The summed E-state index contributed by atoms with van der Waals surface area (Å²) in [5, 5.41) is 7.82. The molecule has 0 aliphatic heterocycles. The summed E-state index contributed by atoms with van der Waals surface area (Å²) in [6.07, 6.45) is 5.56. The molecule has 174 valence electrons. The highest BCUT2D eigenvalue weighted by Gasteiger charge is 2.25. The van der Waals surface area contributed by atoms with E-state index in [1.165, 1.54) is 38.9 Å². The second-order valence-corrected chi connectivity index (χ2v) is 9.73. The zero-order valence-electron chi connectivity index (χ0n) is 20.7. The van der Waals surface area contributed by atoms with Crippen molar-refractivity contribution >= 4 is 11.6 Å². The van der Waals surface area contributed by atoms with Gasteiger partial charge in [-0.05, 0) is 87.3 Å². The van der Waals surface area contributed by atoms with E-state index in [0.29, 0.717) is 11.2 Å². The smallest absolute Gasteiger partial charge is 0.257 e. The highest BCUT2D eigenvalue weighted by atomic mass is 16.1. The number of carbonyl (C=O) groups is 1. The van der Waals surface area contributed by atoms with Gasteiger partial charge < -0.3 is 5.32 Å². The number of fused-ring (bicyclic) bond motifs is 2. The van der Waals surface area contributed by atoms with Gasteiger partial charge in [0.25, 0.3) is 5.91 Å². The second-order valence-electron chi connectivity index (χ2n) is 9.73. The highest BCUT2D eigenvalue weighted by molar-refractivity contribution is 6.00. The first-order valence-electron chi connectivity index (χ1n) is 12.1. The molecule has 1 atom stereocenters. The number of carbonyl (C=O) groups excluding carboxylic acids is 1. The molecule has 0 unspecified atom stereocenters. The molecule has 1 amide bonds. The monoisotopic (exact) mass is 452 g/mol. The number of hydrogen-bond acceptors (Lipinski definition) is 3. The van der Waals surface area contributed by atoms with E-state index >= 15 is 0 Å². The Balaban J connectivity index is 1.47. The number of nitrogens with one attached hydrogen (secondary N) is 1. The zero-order valence-corrected chi connectivity index (χ0v) is 20.7. The summed E-state index contributed by atoms with van der Waals surface area (Å²) in [4.78, 5) is 18.2. The molecule has 2 aromatic carbocycles. The first kappa shape index (κ1) is 22.3. The molecular weight excluding hydrogens is 420 g/mol. The van der Waals surface area contributed by atoms with Gasteiger partial charge in [-0.25, -0.2) is 9.50 Å². The molecule has 0 bridgehead atoms. The topological polar surface area (TPSA) is 59.3 Å². The van der Waals surface area contributed by atoms with E-state index in [0.717, 1.165) is 37.1 Å². The lowest BCUT2D eigenvalue weighted by Gasteiger charge is -2.26. The van der Waals surface area contributed by atoms with Gasteiger partial charge in [-0.15, -0.1) is 0 Å². The van der Waals surface area contributed by atoms with Gasteiger partial charge in [-0.1, -0.05) is 42.0 Å². The Labute approximate surface area is 201 Å². The molecule has 0 fully saturated rings. The quantitative estimate of drug-likeness (QED) is 0.434. The third kappa shape index (κ3) is 3.89. The van der Waals surface area contributed by atoms with E-state index in [2.05, 4.69) is 68.4 Å². The van der Waals surface area contributed by atoms with Crippen molar-refractivity contribution in [2.24, 2.45) is 0 Å². The lowest BCUT2D eigenvalue weighted by molar-refractivity contribution is 0.0934. The summed E-state index contributed by atoms with van der Waals surface area (Å²) in [5.41, 5.74) is 12.1. The lowest BCUT2D eigenvalue weighted by atomic mass is 9.87. The van der Waals surface area contributed by atoms with E-state index in [-0.39, 0.29) is 11.9 Å². The third-order valence-electron chi connectivity index (χ3n) is 7.32. The zero-order chi connectivity index (χ0) is 24.0. The maximum absolute atomic E-state index is 13.3. The van der Waals surface area contributed by atoms with Crippen molar-refractivity contribution in [1.29, 1.82) is 0 Å². The summed E-state index contributed by atoms with van der Waals surface area (Å²) in [5.74, 6) is -0.110. The molecule has 1 aliphatic rings. The van der Waals surface area contributed by atoms with Crippen LogP contribution in [0.15, 0.2) is 42.6 Å². The molecule has 2 heterocycles. The standard InChI is InChI=1S/C29H32N4O/c1-17-13-18(2)24(19(3)14-17)15-25-20(4)31-28-26(16-30-33(28)21(25)5)29(34)32-27-12-8-10-22-9-6-7-11-23(22)27/h6-7,9,11,13-14,16,27H,8,10,12,15H2,1-5H3,(H,32,34)/t27-/m1/s1. The number of aryl methyl sites for hydroxylation is 6. The highest BCUT2D eigenvalue weighted by Crippen LogP contribution is 2.30. The molecule has 0 saturated heterocycles. The molecule has 5 heteroatoms. The molecular formula is C29H32N4O. The van der Waals surface area contributed by atoms with Crippen LogP contribution in [-0.2, 0) is 12.8 Å². The van der Waals surface area contributed by atoms with Crippen LogP contribution in [0.2, 0.25) is 0 Å². The largest absolute Gasteiger partial charge is 0.345 e. The Morgan fingerprint density at radius 1 is 1.06 bits per heavy atom. The fourth-order valence-corrected chi connectivity index (χ4v) is 5.53. The van der Waals surface area contributed by atoms with Crippen LogP contribution in [0.4, 0.5) is 0 Å². The Morgan fingerprint density at radius 3 is 2.56 bits per heavy atom. The number of benzene rings is 2. The molecule has 1 N–H and O–H groups in total. The molecule has 0 saturated carbocycles. The molecule has 5 nitrogen and oxygen atoms in total. The predicted octanol–water partition coefficient (Wildman–Crippen LogP) is 5.67. The molecule has 1 aliphatic carbocycles. The van der Waals surface area contributed by atoms with Crippen LogP contribution in [-0.4, -0.2) is 20.5 Å². The molecule has 5 rings (SSSR count). The molecule has 0 spiro atoms. The van der Waals surface area contributed by atoms with Crippen LogP contribution >= 0.6 is 0 Å². The van der Waals surface area contributed by atoms with Crippen LogP contribution < -0.4 is 5.32 Å². The van der Waals surface area contributed by atoms with E-state index in [1.54, 1.807) is 6.20 Å². The minimum atomic E-state index is -0.110. The van der Waals surface area contributed by atoms with Gasteiger partial charge in [0.05, 0.1) is 12.2 Å². The number of nitrogens with zero attached hydrogens (tertiary/aromatic N) is 3. The van der Waals surface area contributed by atoms with Gasteiger partial charge in [0.1, 0.15) is 5.56 Å². The maximum Gasteiger partial charge on any atom is 0.257 e. The molecule has 34 heavy (non-hydrogen) atoms. The van der Waals surface area contributed by atoms with Gasteiger partial charge in [-0.3, -0.25) is 4.79 Å². The van der Waals surface area contributed by atoms with Crippen molar-refractivity contribution in [3.63, 3.8) is 0 Å². The number of aromatic nitrogens is 3. The molecule has 0 radical (unpaired) electrons. The van der Waals surface area contributed by atoms with Crippen molar-refractivity contribution in [3.8, 4) is 0 Å². The van der Waals surface area contributed by atoms with Crippen molar-refractivity contribution in [2.75, 3.05) is 0 Å². The Bertz CT molecular complexity index is 1390. The summed E-state index contributed by atoms with van der Waals surface area (Å²) in [6.45, 7) is 10.6. The molecule has 2 aromatic heterocycles. The predicted molar refractivity (Wildman–Crippen MR) is 136 cm³/mol. The minimum Gasteiger partial charge on any atom is -0.345 e. The summed E-state index contributed by atoms with van der Waals surface area (Å²) < 4.78 is 1.82. The number of rotatable bonds is 4. The van der Waals surface area contributed by atoms with Crippen LogP contribution in [0.25, 0.3) is 5.65 Å². The summed E-state index contributed by atoms with van der Waals surface area (Å²) >= 11 is 0. The maximum atomic E-state index is 13.3. The normalized spacial score (nSPS) is 15.4. The van der Waals surface area contributed by atoms with Crippen molar-refractivity contribution in [3.05, 3.63) is 98.5 Å². The Kier molecular flexibility index (Phi) is 5.72. The van der Waals surface area contributed by atoms with Crippen LogP contribution in [0, 0.1) is 34.6 Å². The Hall–Kier alpha value is -3.47. The van der Waals surface area contributed by atoms with Gasteiger partial charge in [0.2, 0.25) is 0 Å². The van der Waals surface area contributed by atoms with Crippen molar-refractivity contribution in [1.82, 2.24) is 19.9 Å². The van der Waals surface area contributed by atoms with Gasteiger partial charge in [0.15, 0.2) is 5.65 Å². The number of hydrogen-bond donors (Lipinski definition) is 1. The van der Waals surface area contributed by atoms with E-state index < -0.39 is 0 Å². The van der Waals surface area contributed by atoms with Crippen LogP contribution in [0.5, 0.6) is 0 Å². The average molecular weight is 453 g/mol. The third-order valence-corrected chi connectivity index (χ3v) is 7.32. The van der Waals surface area contributed by atoms with Gasteiger partial charge in [0, 0.05) is 17.8 Å². The first-order chi connectivity index (χ1) is 16.3. The van der Waals surface area contributed by atoms with Gasteiger partial charge >= 0.3 is 0 Å². The second kappa shape index (κ2) is 8.71. The van der Waals surface area contributed by atoms with Crippen LogP contribution in [0.3, 0.4) is 0 Å². The fourth-order valence-electron chi connectivity index (χ4n) is 5.53. The van der Waals surface area contributed by atoms with Gasteiger partial charge in [-0.2, -0.15) is 5.10 Å². The summed E-state index contributed by atoms with van der Waals surface area (Å²) in [7, 11) is 0. The fraction of sp³-hybridized carbons (Fsp3) is 0.345. The lowest BCUT2D eigenvalue weighted by Crippen LogP contribution is -2.31. The minimum absolute atomic E-state index is 0.0290. The molecule has 4 aromatic rings. The van der Waals surface area contributed by atoms with Crippen LogP contribution in [0.1, 0.15) is 79.6 Å². The first-order valence-corrected chi connectivity index (χ1v) is 12.1. The Morgan fingerprint density at radius 2 is 1.79 bits per heavy atom. The van der Waals surface area contributed by atoms with E-state index in [4.69, 9.17) is 4.98 Å². The number of amides is 1. The van der Waals surface area contributed by atoms with Crippen molar-refractivity contribution < 1.29 is 4.79 Å². The van der Waals surface area contributed by atoms with E-state index in [9.17, 15) is 4.79 Å². The average Bonchev–Trinajstić information content (AvgIpc) is 3.22.